The first-order chi connectivity index (χ1) is 15.1. The van der Waals surface area contributed by atoms with E-state index in [1.807, 2.05) is 90.5 Å². The molecule has 7 nitrogen and oxygen atoms in total. The molecule has 1 unspecified atom stereocenters. The van der Waals surface area contributed by atoms with Crippen LogP contribution in [0.1, 0.15) is 12.5 Å². The van der Waals surface area contributed by atoms with Crippen molar-refractivity contribution in [3.8, 4) is 5.69 Å². The molecule has 1 fully saturated rings. The number of carbonyl (C=O) groups is 1. The molecule has 3 aromatic rings. The maximum Gasteiger partial charge on any atom is 0.241 e. The predicted octanol–water partition coefficient (Wildman–Crippen LogP) is 3.17. The molecule has 7 heteroatoms. The Bertz CT molecular complexity index is 981. The van der Waals surface area contributed by atoms with Gasteiger partial charge in [-0.05, 0) is 50.4 Å². The van der Waals surface area contributed by atoms with Crippen molar-refractivity contribution < 1.29 is 9.53 Å². The third kappa shape index (κ3) is 5.31. The Balaban J connectivity index is 1.32. The Labute approximate surface area is 183 Å². The van der Waals surface area contributed by atoms with Crippen LogP contribution in [0.5, 0.6) is 0 Å². The third-order valence-corrected chi connectivity index (χ3v) is 5.64. The lowest BCUT2D eigenvalue weighted by Gasteiger charge is -2.29. The number of likely N-dealkylation sites (N-methyl/N-ethyl adjacent to an activating group) is 1. The summed E-state index contributed by atoms with van der Waals surface area (Å²) in [5.74, 6) is -0.0305. The third-order valence-electron chi connectivity index (χ3n) is 5.64. The average molecular weight is 420 g/mol. The van der Waals surface area contributed by atoms with E-state index in [1.165, 1.54) is 0 Å². The van der Waals surface area contributed by atoms with Crippen LogP contribution in [0, 0.1) is 0 Å². The lowest BCUT2D eigenvalue weighted by atomic mass is 10.2. The van der Waals surface area contributed by atoms with Gasteiger partial charge in [0, 0.05) is 42.8 Å². The van der Waals surface area contributed by atoms with Crippen LogP contribution in [0.2, 0.25) is 0 Å². The van der Waals surface area contributed by atoms with Crippen LogP contribution in [0.4, 0.5) is 11.4 Å². The quantitative estimate of drug-likeness (QED) is 0.637. The van der Waals surface area contributed by atoms with Crippen LogP contribution in [0.25, 0.3) is 5.69 Å². The molecular formula is C24H29N5O2. The largest absolute Gasteiger partial charge is 0.378 e. The van der Waals surface area contributed by atoms with Crippen molar-refractivity contribution in [2.75, 3.05) is 43.6 Å². The fraction of sp³-hybridized carbons (Fsp3) is 0.333. The fourth-order valence-corrected chi connectivity index (χ4v) is 3.61. The van der Waals surface area contributed by atoms with Gasteiger partial charge in [-0.25, -0.2) is 4.68 Å². The van der Waals surface area contributed by atoms with Crippen molar-refractivity contribution in [1.29, 1.82) is 0 Å². The Morgan fingerprint density at radius 1 is 1.10 bits per heavy atom. The molecule has 0 spiro atoms. The monoisotopic (exact) mass is 419 g/mol. The minimum Gasteiger partial charge on any atom is -0.378 e. The maximum atomic E-state index is 12.8. The molecule has 1 saturated heterocycles. The molecule has 0 bridgehead atoms. The van der Waals surface area contributed by atoms with Crippen molar-refractivity contribution >= 4 is 17.3 Å². The van der Waals surface area contributed by atoms with E-state index in [9.17, 15) is 4.79 Å². The van der Waals surface area contributed by atoms with Gasteiger partial charge in [-0.2, -0.15) is 5.10 Å². The van der Waals surface area contributed by atoms with Crippen LogP contribution in [-0.4, -0.2) is 60.0 Å². The molecule has 0 saturated carbocycles. The maximum absolute atomic E-state index is 12.8. The van der Waals surface area contributed by atoms with Gasteiger partial charge >= 0.3 is 0 Å². The number of aromatic nitrogens is 2. The van der Waals surface area contributed by atoms with E-state index in [0.29, 0.717) is 6.54 Å². The van der Waals surface area contributed by atoms with Gasteiger partial charge in [-0.3, -0.25) is 9.69 Å². The van der Waals surface area contributed by atoms with Crippen molar-refractivity contribution in [3.63, 3.8) is 0 Å². The molecule has 1 amide bonds. The van der Waals surface area contributed by atoms with Gasteiger partial charge in [0.25, 0.3) is 0 Å². The molecular weight excluding hydrogens is 390 g/mol. The standard InChI is InChI=1S/C24H29N5O2/c1-19(27(2)17-20-16-25-29(18-20)23-6-4-3-5-7-23)24(30)26-21-8-10-22(11-9-21)28-12-14-31-15-13-28/h3-11,16,18-19H,12-15,17H2,1-2H3,(H,26,30). The summed E-state index contributed by atoms with van der Waals surface area (Å²) in [4.78, 5) is 17.1. The average Bonchev–Trinajstić information content (AvgIpc) is 3.28. The highest BCUT2D eigenvalue weighted by molar-refractivity contribution is 5.94. The summed E-state index contributed by atoms with van der Waals surface area (Å²) in [6.45, 7) is 5.86. The summed E-state index contributed by atoms with van der Waals surface area (Å²) in [7, 11) is 1.95. The van der Waals surface area contributed by atoms with Crippen LogP contribution in [0.15, 0.2) is 67.0 Å². The van der Waals surface area contributed by atoms with Crippen molar-refractivity contribution in [1.82, 2.24) is 14.7 Å². The zero-order chi connectivity index (χ0) is 21.6. The number of anilines is 2. The second-order valence-corrected chi connectivity index (χ2v) is 7.86. The molecule has 1 aromatic heterocycles. The van der Waals surface area contributed by atoms with Gasteiger partial charge < -0.3 is 15.0 Å². The second kappa shape index (κ2) is 9.76. The van der Waals surface area contributed by atoms with Gasteiger partial charge in [-0.15, -0.1) is 0 Å². The first-order valence-corrected chi connectivity index (χ1v) is 10.6. The number of hydrogen-bond donors (Lipinski definition) is 1. The Kier molecular flexibility index (Phi) is 6.64. The van der Waals surface area contributed by atoms with Gasteiger partial charge in [-0.1, -0.05) is 18.2 Å². The van der Waals surface area contributed by atoms with Crippen LogP contribution >= 0.6 is 0 Å². The number of benzene rings is 2. The molecule has 0 radical (unpaired) electrons. The van der Waals surface area contributed by atoms with E-state index in [2.05, 4.69) is 15.3 Å². The highest BCUT2D eigenvalue weighted by Gasteiger charge is 2.19. The highest BCUT2D eigenvalue weighted by atomic mass is 16.5. The molecule has 162 valence electrons. The number of hydrogen-bond acceptors (Lipinski definition) is 5. The number of ether oxygens (including phenoxy) is 1. The van der Waals surface area contributed by atoms with Crippen molar-refractivity contribution in [3.05, 3.63) is 72.6 Å². The number of morpholine rings is 1. The summed E-state index contributed by atoms with van der Waals surface area (Å²) < 4.78 is 7.26. The smallest absolute Gasteiger partial charge is 0.241 e. The Hall–Kier alpha value is -3.16. The second-order valence-electron chi connectivity index (χ2n) is 7.86. The van der Waals surface area contributed by atoms with E-state index in [-0.39, 0.29) is 11.9 Å². The Morgan fingerprint density at radius 3 is 2.52 bits per heavy atom. The summed E-state index contributed by atoms with van der Waals surface area (Å²) >= 11 is 0. The van der Waals surface area contributed by atoms with Crippen LogP contribution in [-0.2, 0) is 16.1 Å². The summed E-state index contributed by atoms with van der Waals surface area (Å²) in [6, 6.07) is 17.7. The minimum atomic E-state index is -0.279. The van der Waals surface area contributed by atoms with Gasteiger partial charge in [0.2, 0.25) is 5.91 Å². The van der Waals surface area contributed by atoms with Gasteiger partial charge in [0.15, 0.2) is 0 Å². The normalized spacial score (nSPS) is 15.1. The molecule has 1 aliphatic rings. The van der Waals surface area contributed by atoms with Crippen molar-refractivity contribution in [2.45, 2.75) is 19.5 Å². The van der Waals surface area contributed by atoms with Crippen LogP contribution in [0.3, 0.4) is 0 Å². The SMILES string of the molecule is CC(C(=O)Nc1ccc(N2CCOCC2)cc1)N(C)Cc1cnn(-c2ccccc2)c1. The van der Waals surface area contributed by atoms with E-state index in [4.69, 9.17) is 4.74 Å². The molecule has 2 aromatic carbocycles. The van der Waals surface area contributed by atoms with E-state index < -0.39 is 0 Å². The number of rotatable bonds is 7. The van der Waals surface area contributed by atoms with Gasteiger partial charge in [0.05, 0.1) is 31.1 Å². The van der Waals surface area contributed by atoms with Crippen molar-refractivity contribution in [2.24, 2.45) is 0 Å². The number of para-hydroxylation sites is 1. The molecule has 1 N–H and O–H groups in total. The molecule has 1 aliphatic heterocycles. The predicted molar refractivity (Wildman–Crippen MR) is 123 cm³/mol. The fourth-order valence-electron chi connectivity index (χ4n) is 3.61. The number of nitrogens with one attached hydrogen (secondary N) is 1. The number of nitrogens with zero attached hydrogens (tertiary/aromatic N) is 4. The molecule has 31 heavy (non-hydrogen) atoms. The number of amides is 1. The number of carbonyl (C=O) groups excluding carboxylic acids is 1. The first kappa shape index (κ1) is 21.1. The van der Waals surface area contributed by atoms with E-state index >= 15 is 0 Å². The highest BCUT2D eigenvalue weighted by Crippen LogP contribution is 2.19. The molecule has 0 aliphatic carbocycles. The molecule has 2 heterocycles. The lowest BCUT2D eigenvalue weighted by Crippen LogP contribution is -2.39. The lowest BCUT2D eigenvalue weighted by molar-refractivity contribution is -0.120. The molecule has 1 atom stereocenters. The zero-order valence-corrected chi connectivity index (χ0v) is 18.1. The summed E-state index contributed by atoms with van der Waals surface area (Å²) in [5, 5.41) is 7.46. The Morgan fingerprint density at radius 2 is 1.81 bits per heavy atom. The van der Waals surface area contributed by atoms with Crippen LogP contribution < -0.4 is 10.2 Å². The van der Waals surface area contributed by atoms with E-state index in [1.54, 1.807) is 0 Å². The van der Waals surface area contributed by atoms with Gasteiger partial charge in [0.1, 0.15) is 0 Å². The molecule has 4 rings (SSSR count). The summed E-state index contributed by atoms with van der Waals surface area (Å²) in [5.41, 5.74) is 4.03. The topological polar surface area (TPSA) is 62.6 Å². The summed E-state index contributed by atoms with van der Waals surface area (Å²) in [6.07, 6.45) is 3.85. The first-order valence-electron chi connectivity index (χ1n) is 10.6. The van der Waals surface area contributed by atoms with E-state index in [0.717, 1.165) is 48.9 Å². The zero-order valence-electron chi connectivity index (χ0n) is 18.1. The minimum absolute atomic E-state index is 0.0305.